The van der Waals surface area contributed by atoms with Gasteiger partial charge in [0.15, 0.2) is 0 Å². The zero-order valence-corrected chi connectivity index (χ0v) is 35.5. The molecule has 2 amide bonds. The van der Waals surface area contributed by atoms with Gasteiger partial charge in [-0.25, -0.2) is 0 Å². The Balaban J connectivity index is 4.13. The van der Waals surface area contributed by atoms with Gasteiger partial charge in [-0.3, -0.25) is 19.8 Å². The van der Waals surface area contributed by atoms with Crippen LogP contribution in [0.2, 0.25) is 0 Å². The standard InChI is InChI=1S/C46H94N4O2/c1-3-5-7-9-11-13-15-17-19-21-23-25-27-29-31-35-42-50(44-46(52)49-45(51)38-33-34-40-48-41-37-39-47)43-36-32-30-28-26-24-22-20-18-16-14-12-10-8-6-4-2/h48H,3-44,47H2,1-2H3,(H,49,51,52). The number of amides is 2. The summed E-state index contributed by atoms with van der Waals surface area (Å²) in [5.41, 5.74) is 5.53. The molecule has 0 saturated heterocycles. The van der Waals surface area contributed by atoms with Gasteiger partial charge < -0.3 is 11.1 Å². The van der Waals surface area contributed by atoms with Crippen molar-refractivity contribution in [2.75, 3.05) is 39.3 Å². The lowest BCUT2D eigenvalue weighted by atomic mass is 10.0. The van der Waals surface area contributed by atoms with E-state index in [1.165, 1.54) is 193 Å². The molecule has 0 bridgehead atoms. The van der Waals surface area contributed by atoms with Crippen LogP contribution < -0.4 is 16.4 Å². The molecule has 0 heterocycles. The van der Waals surface area contributed by atoms with Crippen LogP contribution >= 0.6 is 0 Å². The number of hydrogen-bond donors (Lipinski definition) is 3. The van der Waals surface area contributed by atoms with E-state index in [0.29, 0.717) is 19.5 Å². The van der Waals surface area contributed by atoms with Crippen LogP contribution in [-0.2, 0) is 9.59 Å². The number of carbonyl (C=O) groups excluding carboxylic acids is 2. The van der Waals surface area contributed by atoms with Gasteiger partial charge in [-0.2, -0.15) is 0 Å². The lowest BCUT2D eigenvalue weighted by Crippen LogP contribution is -2.40. The van der Waals surface area contributed by atoms with E-state index in [9.17, 15) is 9.59 Å². The molecule has 0 radical (unpaired) electrons. The van der Waals surface area contributed by atoms with Crippen molar-refractivity contribution in [3.63, 3.8) is 0 Å². The molecule has 0 spiro atoms. The number of rotatable bonds is 44. The summed E-state index contributed by atoms with van der Waals surface area (Å²) >= 11 is 0. The molecule has 52 heavy (non-hydrogen) atoms. The van der Waals surface area contributed by atoms with E-state index in [-0.39, 0.29) is 11.8 Å². The first-order chi connectivity index (χ1) is 25.6. The Morgan fingerprint density at radius 2 is 0.731 bits per heavy atom. The van der Waals surface area contributed by atoms with Crippen molar-refractivity contribution in [1.82, 2.24) is 15.5 Å². The lowest BCUT2D eigenvalue weighted by molar-refractivity contribution is -0.131. The molecule has 0 aromatic rings. The van der Waals surface area contributed by atoms with Crippen molar-refractivity contribution < 1.29 is 9.59 Å². The highest BCUT2D eigenvalue weighted by Gasteiger charge is 2.13. The second-order valence-corrected chi connectivity index (χ2v) is 16.2. The number of nitrogens with one attached hydrogen (secondary N) is 2. The third-order valence-corrected chi connectivity index (χ3v) is 10.9. The Morgan fingerprint density at radius 3 is 1.08 bits per heavy atom. The Hall–Kier alpha value is -0.980. The summed E-state index contributed by atoms with van der Waals surface area (Å²) < 4.78 is 0. The molecule has 0 aliphatic carbocycles. The second kappa shape index (κ2) is 44.4. The second-order valence-electron chi connectivity index (χ2n) is 16.2. The minimum absolute atomic E-state index is 0.126. The SMILES string of the molecule is CCCCCCCCCCCCCCCCCCN(CCCCCCCCCCCCCCCCCC)CC(=O)NC(=O)CCCCNCCCN. The van der Waals surface area contributed by atoms with Gasteiger partial charge in [0, 0.05) is 6.42 Å². The van der Waals surface area contributed by atoms with Gasteiger partial charge in [0.1, 0.15) is 0 Å². The van der Waals surface area contributed by atoms with Crippen molar-refractivity contribution >= 4 is 11.8 Å². The van der Waals surface area contributed by atoms with Gasteiger partial charge >= 0.3 is 0 Å². The maximum absolute atomic E-state index is 12.8. The fraction of sp³-hybridized carbons (Fsp3) is 0.957. The highest BCUT2D eigenvalue weighted by molar-refractivity contribution is 5.96. The molecular weight excluding hydrogens is 641 g/mol. The summed E-state index contributed by atoms with van der Waals surface area (Å²) in [5, 5.41) is 6.03. The average Bonchev–Trinajstić information content (AvgIpc) is 3.13. The lowest BCUT2D eigenvalue weighted by Gasteiger charge is -2.21. The number of unbranched alkanes of at least 4 members (excludes halogenated alkanes) is 31. The number of imide groups is 1. The van der Waals surface area contributed by atoms with E-state index in [1.807, 2.05) is 0 Å². The predicted molar refractivity (Wildman–Crippen MR) is 229 cm³/mol. The van der Waals surface area contributed by atoms with E-state index >= 15 is 0 Å². The van der Waals surface area contributed by atoms with E-state index < -0.39 is 0 Å². The predicted octanol–water partition coefficient (Wildman–Crippen LogP) is 12.6. The van der Waals surface area contributed by atoms with Gasteiger partial charge in [-0.1, -0.05) is 206 Å². The maximum atomic E-state index is 12.8. The molecule has 0 unspecified atom stereocenters. The maximum Gasteiger partial charge on any atom is 0.240 e. The quantitative estimate of drug-likeness (QED) is 0.0543. The molecule has 6 nitrogen and oxygen atoms in total. The molecule has 0 fully saturated rings. The minimum Gasteiger partial charge on any atom is -0.330 e. The van der Waals surface area contributed by atoms with Crippen LogP contribution in [0.4, 0.5) is 0 Å². The summed E-state index contributed by atoms with van der Waals surface area (Å²) in [6, 6.07) is 0. The van der Waals surface area contributed by atoms with E-state index in [2.05, 4.69) is 29.4 Å². The minimum atomic E-state index is -0.128. The van der Waals surface area contributed by atoms with Crippen molar-refractivity contribution in [2.45, 2.75) is 245 Å². The highest BCUT2D eigenvalue weighted by Crippen LogP contribution is 2.16. The smallest absolute Gasteiger partial charge is 0.240 e. The molecule has 4 N–H and O–H groups in total. The Kier molecular flexibility index (Phi) is 43.6. The van der Waals surface area contributed by atoms with Crippen LogP contribution in [0.25, 0.3) is 0 Å². The first-order valence-corrected chi connectivity index (χ1v) is 23.6. The molecule has 0 atom stereocenters. The first-order valence-electron chi connectivity index (χ1n) is 23.6. The van der Waals surface area contributed by atoms with Crippen LogP contribution in [0.5, 0.6) is 0 Å². The first kappa shape index (κ1) is 51.0. The molecule has 0 aliphatic rings. The van der Waals surface area contributed by atoms with E-state index in [0.717, 1.165) is 58.3 Å². The molecule has 0 aromatic carbocycles. The summed E-state index contributed by atoms with van der Waals surface area (Å²) in [7, 11) is 0. The number of nitrogens with two attached hydrogens (primary N) is 1. The zero-order chi connectivity index (χ0) is 37.8. The Labute approximate surface area is 326 Å². The topological polar surface area (TPSA) is 87.5 Å². The highest BCUT2D eigenvalue weighted by atomic mass is 16.2. The number of nitrogens with zero attached hydrogens (tertiary/aromatic N) is 1. The summed E-state index contributed by atoms with van der Waals surface area (Å²) in [6.07, 6.45) is 47.1. The monoisotopic (exact) mass is 735 g/mol. The van der Waals surface area contributed by atoms with Crippen molar-refractivity contribution in [3.05, 3.63) is 0 Å². The normalized spacial score (nSPS) is 11.5. The number of hydrogen-bond acceptors (Lipinski definition) is 5. The molecule has 310 valence electrons. The van der Waals surface area contributed by atoms with Crippen molar-refractivity contribution in [2.24, 2.45) is 5.73 Å². The summed E-state index contributed by atoms with van der Waals surface area (Å²) in [4.78, 5) is 27.6. The van der Waals surface area contributed by atoms with E-state index in [1.54, 1.807) is 0 Å². The average molecular weight is 735 g/mol. The number of carbonyl (C=O) groups is 2. The fourth-order valence-corrected chi connectivity index (χ4v) is 7.39. The van der Waals surface area contributed by atoms with Crippen molar-refractivity contribution in [1.29, 1.82) is 0 Å². The summed E-state index contributed by atoms with van der Waals surface area (Å²) in [5.74, 6) is -0.254. The molecular formula is C46H94N4O2. The van der Waals surface area contributed by atoms with Gasteiger partial charge in [0.2, 0.25) is 11.8 Å². The fourth-order valence-electron chi connectivity index (χ4n) is 7.39. The van der Waals surface area contributed by atoms with Crippen LogP contribution in [-0.4, -0.2) is 56.0 Å². The van der Waals surface area contributed by atoms with Crippen LogP contribution in [0, 0.1) is 0 Å². The van der Waals surface area contributed by atoms with Gasteiger partial charge in [-0.05, 0) is 64.8 Å². The molecule has 6 heteroatoms. The molecule has 0 aromatic heterocycles. The Morgan fingerprint density at radius 1 is 0.404 bits per heavy atom. The van der Waals surface area contributed by atoms with Gasteiger partial charge in [-0.15, -0.1) is 0 Å². The summed E-state index contributed by atoms with van der Waals surface area (Å²) in [6.45, 7) is 9.39. The largest absolute Gasteiger partial charge is 0.330 e. The molecule has 0 rings (SSSR count). The van der Waals surface area contributed by atoms with E-state index in [4.69, 9.17) is 5.73 Å². The molecule has 0 saturated carbocycles. The van der Waals surface area contributed by atoms with Crippen molar-refractivity contribution in [3.8, 4) is 0 Å². The third kappa shape index (κ3) is 41.8. The van der Waals surface area contributed by atoms with Gasteiger partial charge in [0.25, 0.3) is 0 Å². The van der Waals surface area contributed by atoms with Crippen LogP contribution in [0.15, 0.2) is 0 Å². The third-order valence-electron chi connectivity index (χ3n) is 10.9. The zero-order valence-electron chi connectivity index (χ0n) is 35.5. The van der Waals surface area contributed by atoms with Gasteiger partial charge in [0.05, 0.1) is 6.54 Å². The van der Waals surface area contributed by atoms with Crippen LogP contribution in [0.1, 0.15) is 245 Å². The van der Waals surface area contributed by atoms with Crippen LogP contribution in [0.3, 0.4) is 0 Å². The molecule has 0 aliphatic heterocycles. The Bertz CT molecular complexity index is 682.